The molecule has 0 aliphatic carbocycles. The number of halogens is 9. The van der Waals surface area contributed by atoms with Crippen molar-refractivity contribution in [2.75, 3.05) is 17.8 Å². The fraction of sp³-hybridized carbons (Fsp3) is 0.480. The molecule has 2 aromatic rings. The van der Waals surface area contributed by atoms with E-state index in [9.17, 15) is 52.7 Å². The Labute approximate surface area is 229 Å². The monoisotopic (exact) mass is 621 g/mol. The fourth-order valence-electron chi connectivity index (χ4n) is 4.73. The molecule has 1 aliphatic rings. The highest BCUT2D eigenvalue weighted by molar-refractivity contribution is 7.86. The number of hydrogen-bond donors (Lipinski definition) is 0. The number of amides is 1. The van der Waals surface area contributed by atoms with Gasteiger partial charge in [0.1, 0.15) is 6.10 Å². The van der Waals surface area contributed by atoms with Crippen molar-refractivity contribution in [1.29, 1.82) is 0 Å². The molecule has 41 heavy (non-hydrogen) atoms. The summed E-state index contributed by atoms with van der Waals surface area (Å²) < 4.78 is 157. The highest BCUT2D eigenvalue weighted by Crippen LogP contribution is 2.50. The molecule has 0 saturated heterocycles. The second-order valence-electron chi connectivity index (χ2n) is 9.30. The molecule has 3 atom stereocenters. The average Bonchev–Trinajstić information content (AvgIpc) is 2.83. The van der Waals surface area contributed by atoms with E-state index in [1.165, 1.54) is 6.92 Å². The van der Waals surface area contributed by atoms with Crippen molar-refractivity contribution < 1.29 is 61.6 Å². The van der Waals surface area contributed by atoms with Gasteiger partial charge in [0.2, 0.25) is 0 Å². The largest absolute Gasteiger partial charge is 0.449 e. The number of alkyl halides is 9. The number of benzene rings is 2. The minimum Gasteiger partial charge on any atom is -0.449 e. The molecule has 0 spiro atoms. The first-order valence-corrected chi connectivity index (χ1v) is 13.8. The Morgan fingerprint density at radius 3 is 1.88 bits per heavy atom. The van der Waals surface area contributed by atoms with Crippen LogP contribution in [-0.2, 0) is 37.6 Å². The van der Waals surface area contributed by atoms with E-state index in [2.05, 4.69) is 0 Å². The van der Waals surface area contributed by atoms with Crippen LogP contribution in [0.4, 0.5) is 50.0 Å². The number of fused-ring (bicyclic) bond motifs is 1. The summed E-state index contributed by atoms with van der Waals surface area (Å²) in [7, 11) is -4.61. The van der Waals surface area contributed by atoms with Gasteiger partial charge in [0.25, 0.3) is 10.1 Å². The maximum atomic E-state index is 13.7. The van der Waals surface area contributed by atoms with Gasteiger partial charge < -0.3 is 4.74 Å². The van der Waals surface area contributed by atoms with Crippen LogP contribution in [0.15, 0.2) is 36.4 Å². The molecular weight excluding hydrogens is 597 g/mol. The van der Waals surface area contributed by atoms with Gasteiger partial charge in [-0.15, -0.1) is 0 Å². The Kier molecular flexibility index (Phi) is 8.99. The summed E-state index contributed by atoms with van der Waals surface area (Å²) in [4.78, 5) is 13.8. The van der Waals surface area contributed by atoms with E-state index >= 15 is 0 Å². The van der Waals surface area contributed by atoms with Gasteiger partial charge in [-0.05, 0) is 67.3 Å². The lowest BCUT2D eigenvalue weighted by molar-refractivity contribution is -0.143. The topological polar surface area (TPSA) is 72.9 Å². The van der Waals surface area contributed by atoms with Gasteiger partial charge in [0.15, 0.2) is 0 Å². The Morgan fingerprint density at radius 2 is 1.44 bits per heavy atom. The maximum Gasteiger partial charge on any atom is 0.416 e. The number of carbonyl (C=O) groups excluding carboxylic acids is 1. The summed E-state index contributed by atoms with van der Waals surface area (Å²) in [5, 5.41) is 0. The van der Waals surface area contributed by atoms with Crippen LogP contribution >= 0.6 is 0 Å². The lowest BCUT2D eigenvalue weighted by Gasteiger charge is -2.42. The lowest BCUT2D eigenvalue weighted by atomic mass is 9.78. The molecule has 0 saturated carbocycles. The standard InChI is InChI=1S/C25H24F9NO5S/c1-4-17-12-19(18-11-14(23(26,27)28)6-7-20(18)35(17)22(36)39-5-2)21(40-41(3,37)38)13-8-15(24(29,30)31)10-16(9-13)25(32,33)34/h6-11,17,19,21H,4-5,12H2,1-3H3. The van der Waals surface area contributed by atoms with Crippen LogP contribution in [0, 0.1) is 0 Å². The molecule has 1 amide bonds. The zero-order chi connectivity index (χ0) is 31.1. The minimum atomic E-state index is -5.30. The van der Waals surface area contributed by atoms with Crippen LogP contribution in [-0.4, -0.2) is 33.4 Å². The fourth-order valence-corrected chi connectivity index (χ4v) is 5.35. The predicted molar refractivity (Wildman–Crippen MR) is 127 cm³/mol. The number of anilines is 1. The zero-order valence-corrected chi connectivity index (χ0v) is 22.4. The van der Waals surface area contributed by atoms with Crippen LogP contribution in [0.2, 0.25) is 0 Å². The van der Waals surface area contributed by atoms with Gasteiger partial charge in [-0.25, -0.2) is 4.79 Å². The highest BCUT2D eigenvalue weighted by atomic mass is 32.2. The number of rotatable bonds is 6. The molecule has 6 nitrogen and oxygen atoms in total. The van der Waals surface area contributed by atoms with E-state index in [1.54, 1.807) is 6.92 Å². The number of nitrogens with zero attached hydrogens (tertiary/aromatic N) is 1. The molecule has 0 bridgehead atoms. The zero-order valence-electron chi connectivity index (χ0n) is 21.6. The van der Waals surface area contributed by atoms with E-state index in [4.69, 9.17) is 8.92 Å². The van der Waals surface area contributed by atoms with Crippen LogP contribution in [0.25, 0.3) is 0 Å². The summed E-state index contributed by atoms with van der Waals surface area (Å²) in [5.74, 6) is -1.54. The van der Waals surface area contributed by atoms with Crippen molar-refractivity contribution in [2.45, 2.75) is 63.3 Å². The van der Waals surface area contributed by atoms with E-state index in [0.717, 1.165) is 11.0 Å². The SMILES string of the molecule is CCOC(=O)N1c2ccc(C(F)(F)F)cc2C(C(OS(C)(=O)=O)c2cc(C(F)(F)F)cc(C(F)(F)F)c2)CC1CC. The van der Waals surface area contributed by atoms with Gasteiger partial charge >= 0.3 is 24.6 Å². The molecule has 0 radical (unpaired) electrons. The predicted octanol–water partition coefficient (Wildman–Crippen LogP) is 7.69. The summed E-state index contributed by atoms with van der Waals surface area (Å²) in [5.41, 5.74) is -6.25. The van der Waals surface area contributed by atoms with Crippen molar-refractivity contribution in [3.05, 3.63) is 64.2 Å². The normalized spacial score (nSPS) is 19.1. The Balaban J connectivity index is 2.38. The first-order valence-electron chi connectivity index (χ1n) is 12.0. The Morgan fingerprint density at radius 1 is 0.902 bits per heavy atom. The average molecular weight is 622 g/mol. The molecule has 0 N–H and O–H groups in total. The van der Waals surface area contributed by atoms with Crippen molar-refractivity contribution in [2.24, 2.45) is 0 Å². The van der Waals surface area contributed by atoms with Crippen molar-refractivity contribution in [1.82, 2.24) is 0 Å². The smallest absolute Gasteiger partial charge is 0.416 e. The third-order valence-corrected chi connectivity index (χ3v) is 6.98. The summed E-state index contributed by atoms with van der Waals surface area (Å²) in [6.45, 7) is 2.93. The Bertz CT molecular complexity index is 1360. The van der Waals surface area contributed by atoms with Crippen LogP contribution in [0.5, 0.6) is 0 Å². The van der Waals surface area contributed by atoms with Crippen LogP contribution < -0.4 is 4.90 Å². The summed E-state index contributed by atoms with van der Waals surface area (Å²) >= 11 is 0. The van der Waals surface area contributed by atoms with E-state index in [0.29, 0.717) is 18.4 Å². The third kappa shape index (κ3) is 7.45. The first-order chi connectivity index (χ1) is 18.7. The minimum absolute atomic E-state index is 0.109. The van der Waals surface area contributed by atoms with Gasteiger partial charge in [-0.3, -0.25) is 9.08 Å². The van der Waals surface area contributed by atoms with Gasteiger partial charge in [0, 0.05) is 12.0 Å². The lowest BCUT2D eigenvalue weighted by Crippen LogP contribution is -2.46. The van der Waals surface area contributed by atoms with E-state index in [1.807, 2.05) is 0 Å². The van der Waals surface area contributed by atoms with Crippen molar-refractivity contribution in [3.63, 3.8) is 0 Å². The molecule has 2 aromatic carbocycles. The number of ether oxygens (including phenoxy) is 1. The first kappa shape index (κ1) is 32.5. The third-order valence-electron chi connectivity index (χ3n) is 6.42. The van der Waals surface area contributed by atoms with Crippen molar-refractivity contribution >= 4 is 21.9 Å². The Hall–Kier alpha value is -3.01. The van der Waals surface area contributed by atoms with E-state index in [-0.39, 0.29) is 48.9 Å². The van der Waals surface area contributed by atoms with Crippen molar-refractivity contribution in [3.8, 4) is 0 Å². The molecule has 16 heteroatoms. The highest BCUT2D eigenvalue weighted by Gasteiger charge is 2.45. The van der Waals surface area contributed by atoms with Gasteiger partial charge in [-0.2, -0.15) is 47.9 Å². The quantitative estimate of drug-likeness (QED) is 0.244. The molecule has 1 heterocycles. The maximum absolute atomic E-state index is 13.7. The van der Waals surface area contributed by atoms with Gasteiger partial charge in [0.05, 0.1) is 35.2 Å². The van der Waals surface area contributed by atoms with Crippen LogP contribution in [0.3, 0.4) is 0 Å². The second-order valence-corrected chi connectivity index (χ2v) is 10.9. The van der Waals surface area contributed by atoms with Gasteiger partial charge in [-0.1, -0.05) is 6.92 Å². The second kappa shape index (κ2) is 11.3. The molecule has 228 valence electrons. The van der Waals surface area contributed by atoms with E-state index < -0.39 is 75.1 Å². The molecule has 1 aliphatic heterocycles. The summed E-state index contributed by atoms with van der Waals surface area (Å²) in [6.07, 6.45) is -18.4. The number of hydrogen-bond acceptors (Lipinski definition) is 5. The molecule has 3 unspecified atom stereocenters. The number of carbonyl (C=O) groups is 1. The van der Waals surface area contributed by atoms with Crippen LogP contribution in [0.1, 0.15) is 66.5 Å². The molecule has 0 aromatic heterocycles. The molecule has 3 rings (SSSR count). The molecule has 0 fully saturated rings. The molecular formula is C25H24F9NO5S. The summed E-state index contributed by atoms with van der Waals surface area (Å²) in [6, 6.07) is 1.56.